The van der Waals surface area contributed by atoms with Gasteiger partial charge in [0.05, 0.1) is 6.42 Å². The number of benzene rings is 2. The molecule has 23 heavy (non-hydrogen) atoms. The van der Waals surface area contributed by atoms with Crippen LogP contribution in [-0.4, -0.2) is 16.9 Å². The second kappa shape index (κ2) is 7.73. The van der Waals surface area contributed by atoms with Crippen LogP contribution in [0.1, 0.15) is 42.6 Å². The van der Waals surface area contributed by atoms with Crippen LogP contribution in [0.15, 0.2) is 48.5 Å². The predicted octanol–water partition coefficient (Wildman–Crippen LogP) is 4.60. The first-order valence-electron chi connectivity index (χ1n) is 7.90. The Hall–Kier alpha value is -2.42. The van der Waals surface area contributed by atoms with E-state index < -0.39 is 5.97 Å². The fourth-order valence-electron chi connectivity index (χ4n) is 2.52. The molecule has 2 rings (SSSR count). The lowest BCUT2D eigenvalue weighted by Crippen LogP contribution is -2.03. The Bertz CT molecular complexity index is 667. The summed E-state index contributed by atoms with van der Waals surface area (Å²) in [5.74, 6) is -0.445. The van der Waals surface area contributed by atoms with Crippen LogP contribution in [0.4, 0.5) is 0 Å². The second-order valence-electron chi connectivity index (χ2n) is 6.19. The van der Waals surface area contributed by atoms with Crippen molar-refractivity contribution in [1.29, 1.82) is 0 Å². The SMILES string of the molecule is CC(C)Cc1ccc(-c2ccc(C(=O)CCC(=O)O)cc2)cc1. The van der Waals surface area contributed by atoms with Crippen molar-refractivity contribution in [3.63, 3.8) is 0 Å². The van der Waals surface area contributed by atoms with E-state index in [1.165, 1.54) is 5.56 Å². The van der Waals surface area contributed by atoms with Gasteiger partial charge in [0, 0.05) is 12.0 Å². The van der Waals surface area contributed by atoms with Crippen LogP contribution in [0.2, 0.25) is 0 Å². The summed E-state index contributed by atoms with van der Waals surface area (Å²) in [6, 6.07) is 15.8. The molecule has 0 heterocycles. The number of carbonyl (C=O) groups excluding carboxylic acids is 1. The minimum Gasteiger partial charge on any atom is -0.481 e. The average Bonchev–Trinajstić information content (AvgIpc) is 2.53. The van der Waals surface area contributed by atoms with Gasteiger partial charge in [-0.1, -0.05) is 62.4 Å². The van der Waals surface area contributed by atoms with Crippen molar-refractivity contribution in [3.8, 4) is 11.1 Å². The minimum atomic E-state index is -0.948. The van der Waals surface area contributed by atoms with Gasteiger partial charge in [-0.25, -0.2) is 0 Å². The van der Waals surface area contributed by atoms with Gasteiger partial charge in [-0.3, -0.25) is 9.59 Å². The maximum atomic E-state index is 11.9. The largest absolute Gasteiger partial charge is 0.481 e. The van der Waals surface area contributed by atoms with Crippen LogP contribution in [0.3, 0.4) is 0 Å². The standard InChI is InChI=1S/C20H22O3/c1-14(2)13-15-3-5-16(6-4-15)17-7-9-18(10-8-17)19(21)11-12-20(22)23/h3-10,14H,11-13H2,1-2H3,(H,22,23). The fourth-order valence-corrected chi connectivity index (χ4v) is 2.52. The average molecular weight is 310 g/mol. The number of aliphatic carboxylic acids is 1. The van der Waals surface area contributed by atoms with Crippen molar-refractivity contribution in [2.75, 3.05) is 0 Å². The molecule has 3 nitrogen and oxygen atoms in total. The highest BCUT2D eigenvalue weighted by Crippen LogP contribution is 2.22. The Kier molecular flexibility index (Phi) is 5.69. The summed E-state index contributed by atoms with van der Waals surface area (Å²) in [5, 5.41) is 8.63. The molecule has 0 aliphatic rings. The third kappa shape index (κ3) is 5.06. The molecule has 0 spiro atoms. The Labute approximate surface area is 137 Å². The van der Waals surface area contributed by atoms with E-state index in [1.807, 2.05) is 12.1 Å². The second-order valence-corrected chi connectivity index (χ2v) is 6.19. The molecule has 0 amide bonds. The molecule has 3 heteroatoms. The van der Waals surface area contributed by atoms with E-state index >= 15 is 0 Å². The van der Waals surface area contributed by atoms with Crippen molar-refractivity contribution in [2.24, 2.45) is 5.92 Å². The zero-order chi connectivity index (χ0) is 16.8. The Morgan fingerprint density at radius 3 is 1.87 bits per heavy atom. The van der Waals surface area contributed by atoms with Gasteiger partial charge in [0.1, 0.15) is 0 Å². The maximum Gasteiger partial charge on any atom is 0.303 e. The highest BCUT2D eigenvalue weighted by atomic mass is 16.4. The molecule has 1 N–H and O–H groups in total. The maximum absolute atomic E-state index is 11.9. The molecule has 0 unspecified atom stereocenters. The normalized spacial score (nSPS) is 10.7. The van der Waals surface area contributed by atoms with E-state index in [0.29, 0.717) is 11.5 Å². The van der Waals surface area contributed by atoms with Crippen LogP contribution in [0.25, 0.3) is 11.1 Å². The number of carbonyl (C=O) groups is 2. The molecule has 0 aliphatic heterocycles. The van der Waals surface area contributed by atoms with Crippen LogP contribution < -0.4 is 0 Å². The number of hydrogen-bond donors (Lipinski definition) is 1. The van der Waals surface area contributed by atoms with Crippen LogP contribution in [0, 0.1) is 5.92 Å². The quantitative estimate of drug-likeness (QED) is 0.760. The first-order valence-corrected chi connectivity index (χ1v) is 7.90. The summed E-state index contributed by atoms with van der Waals surface area (Å²) < 4.78 is 0. The van der Waals surface area contributed by atoms with Gasteiger partial charge in [-0.05, 0) is 29.0 Å². The molecule has 0 saturated heterocycles. The number of hydrogen-bond acceptors (Lipinski definition) is 2. The summed E-state index contributed by atoms with van der Waals surface area (Å²) in [4.78, 5) is 22.4. The van der Waals surface area contributed by atoms with Crippen LogP contribution in [0.5, 0.6) is 0 Å². The minimum absolute atomic E-state index is 0.0403. The molecule has 0 aliphatic carbocycles. The van der Waals surface area contributed by atoms with Gasteiger partial charge in [-0.2, -0.15) is 0 Å². The van der Waals surface area contributed by atoms with Crippen LogP contribution >= 0.6 is 0 Å². The molecule has 0 atom stereocenters. The highest BCUT2D eigenvalue weighted by Gasteiger charge is 2.08. The van der Waals surface area contributed by atoms with E-state index in [1.54, 1.807) is 12.1 Å². The lowest BCUT2D eigenvalue weighted by molar-refractivity contribution is -0.136. The van der Waals surface area contributed by atoms with E-state index in [0.717, 1.165) is 17.5 Å². The monoisotopic (exact) mass is 310 g/mol. The number of ketones is 1. The number of rotatable bonds is 7. The van der Waals surface area contributed by atoms with E-state index in [-0.39, 0.29) is 18.6 Å². The Morgan fingerprint density at radius 2 is 1.39 bits per heavy atom. The fraction of sp³-hybridized carbons (Fsp3) is 0.300. The summed E-state index contributed by atoms with van der Waals surface area (Å²) in [6.07, 6.45) is 0.980. The van der Waals surface area contributed by atoms with E-state index in [4.69, 9.17) is 5.11 Å². The van der Waals surface area contributed by atoms with Crippen molar-refractivity contribution in [3.05, 3.63) is 59.7 Å². The first kappa shape index (κ1) is 16.9. The van der Waals surface area contributed by atoms with Gasteiger partial charge in [-0.15, -0.1) is 0 Å². The van der Waals surface area contributed by atoms with Gasteiger partial charge >= 0.3 is 5.97 Å². The van der Waals surface area contributed by atoms with Crippen molar-refractivity contribution in [1.82, 2.24) is 0 Å². The molecule has 0 fully saturated rings. The van der Waals surface area contributed by atoms with Crippen molar-refractivity contribution < 1.29 is 14.7 Å². The zero-order valence-corrected chi connectivity index (χ0v) is 13.6. The molecule has 0 bridgehead atoms. The van der Waals surface area contributed by atoms with Crippen molar-refractivity contribution in [2.45, 2.75) is 33.1 Å². The first-order chi connectivity index (χ1) is 11.0. The smallest absolute Gasteiger partial charge is 0.303 e. The third-order valence-corrected chi connectivity index (χ3v) is 3.70. The molecular weight excluding hydrogens is 288 g/mol. The summed E-state index contributed by atoms with van der Waals surface area (Å²) in [5.41, 5.74) is 4.05. The Balaban J connectivity index is 2.07. The Morgan fingerprint density at radius 1 is 0.870 bits per heavy atom. The van der Waals surface area contributed by atoms with Gasteiger partial charge < -0.3 is 5.11 Å². The molecule has 2 aromatic rings. The van der Waals surface area contributed by atoms with Gasteiger partial charge in [0.2, 0.25) is 0 Å². The van der Waals surface area contributed by atoms with Crippen LogP contribution in [-0.2, 0) is 11.2 Å². The third-order valence-electron chi connectivity index (χ3n) is 3.70. The summed E-state index contributed by atoms with van der Waals surface area (Å²) in [7, 11) is 0. The summed E-state index contributed by atoms with van der Waals surface area (Å²) >= 11 is 0. The molecule has 0 radical (unpaired) electrons. The van der Waals surface area contributed by atoms with E-state index in [9.17, 15) is 9.59 Å². The van der Waals surface area contributed by atoms with Gasteiger partial charge in [0.15, 0.2) is 5.78 Å². The number of Topliss-reactive ketones (excluding diaryl/α,β-unsaturated/α-hetero) is 1. The molecule has 0 aromatic heterocycles. The zero-order valence-electron chi connectivity index (χ0n) is 13.6. The molecule has 120 valence electrons. The number of carboxylic acids is 1. The van der Waals surface area contributed by atoms with Gasteiger partial charge in [0.25, 0.3) is 0 Å². The van der Waals surface area contributed by atoms with Crippen molar-refractivity contribution >= 4 is 11.8 Å². The molecular formula is C20H22O3. The molecule has 0 saturated carbocycles. The number of carboxylic acid groups (broad SMARTS) is 1. The highest BCUT2D eigenvalue weighted by molar-refractivity contribution is 5.97. The topological polar surface area (TPSA) is 54.4 Å². The lowest BCUT2D eigenvalue weighted by Gasteiger charge is -2.07. The lowest BCUT2D eigenvalue weighted by atomic mass is 9.98. The van der Waals surface area contributed by atoms with E-state index in [2.05, 4.69) is 38.1 Å². The summed E-state index contributed by atoms with van der Waals surface area (Å²) in [6.45, 7) is 4.40. The molecule has 2 aromatic carbocycles. The predicted molar refractivity (Wildman–Crippen MR) is 91.6 cm³/mol.